The molecule has 1 aromatic carbocycles. The van der Waals surface area contributed by atoms with Crippen molar-refractivity contribution in [2.45, 2.75) is 13.8 Å². The lowest BCUT2D eigenvalue weighted by Gasteiger charge is -2.16. The molecule has 1 fully saturated rings. The molecule has 1 saturated heterocycles. The SMILES string of the molecule is Cc1ccc(OCCN2C(=O)CNC2=S)c(C)c1. The van der Waals surface area contributed by atoms with Gasteiger partial charge < -0.3 is 10.1 Å². The van der Waals surface area contributed by atoms with Crippen molar-refractivity contribution in [1.82, 2.24) is 10.2 Å². The third-order valence-corrected chi connectivity index (χ3v) is 3.20. The summed E-state index contributed by atoms with van der Waals surface area (Å²) in [5, 5.41) is 3.33. The second-order valence-corrected chi connectivity index (χ2v) is 4.71. The van der Waals surface area contributed by atoms with Gasteiger partial charge in [0.1, 0.15) is 12.4 Å². The van der Waals surface area contributed by atoms with E-state index >= 15 is 0 Å². The van der Waals surface area contributed by atoms with Crippen molar-refractivity contribution < 1.29 is 9.53 Å². The highest BCUT2D eigenvalue weighted by Crippen LogP contribution is 2.18. The second kappa shape index (κ2) is 5.35. The zero-order valence-corrected chi connectivity index (χ0v) is 11.3. The van der Waals surface area contributed by atoms with E-state index in [9.17, 15) is 4.79 Å². The lowest BCUT2D eigenvalue weighted by molar-refractivity contribution is -0.124. The molecule has 0 atom stereocenters. The van der Waals surface area contributed by atoms with Crippen LogP contribution in [0.4, 0.5) is 0 Å². The van der Waals surface area contributed by atoms with E-state index in [-0.39, 0.29) is 5.91 Å². The number of hydrogen-bond acceptors (Lipinski definition) is 3. The van der Waals surface area contributed by atoms with Crippen LogP contribution in [0, 0.1) is 13.8 Å². The Hall–Kier alpha value is -1.62. The van der Waals surface area contributed by atoms with Gasteiger partial charge in [-0.25, -0.2) is 0 Å². The van der Waals surface area contributed by atoms with Crippen LogP contribution in [0.2, 0.25) is 0 Å². The molecule has 4 nitrogen and oxygen atoms in total. The number of hydrogen-bond donors (Lipinski definition) is 1. The van der Waals surface area contributed by atoms with Crippen LogP contribution in [0.5, 0.6) is 5.75 Å². The van der Waals surface area contributed by atoms with E-state index in [1.165, 1.54) is 5.56 Å². The monoisotopic (exact) mass is 264 g/mol. The molecule has 1 aliphatic rings. The summed E-state index contributed by atoms with van der Waals surface area (Å²) in [5.41, 5.74) is 2.31. The Kier molecular flexibility index (Phi) is 3.81. The van der Waals surface area contributed by atoms with Crippen molar-refractivity contribution in [3.63, 3.8) is 0 Å². The van der Waals surface area contributed by atoms with E-state index in [0.717, 1.165) is 11.3 Å². The summed E-state index contributed by atoms with van der Waals surface area (Å²) in [6, 6.07) is 6.03. The van der Waals surface area contributed by atoms with Gasteiger partial charge in [0, 0.05) is 0 Å². The number of aryl methyl sites for hydroxylation is 2. The molecule has 0 bridgehead atoms. The molecule has 18 heavy (non-hydrogen) atoms. The molecule has 1 amide bonds. The average Bonchev–Trinajstić information content (AvgIpc) is 2.63. The van der Waals surface area contributed by atoms with E-state index in [0.29, 0.717) is 24.8 Å². The predicted octanol–water partition coefficient (Wildman–Crippen LogP) is 1.40. The van der Waals surface area contributed by atoms with Crippen molar-refractivity contribution in [2.24, 2.45) is 0 Å². The second-order valence-electron chi connectivity index (χ2n) is 4.32. The fourth-order valence-corrected chi connectivity index (χ4v) is 2.16. The molecule has 0 spiro atoms. The van der Waals surface area contributed by atoms with Crippen LogP contribution in [-0.2, 0) is 4.79 Å². The third kappa shape index (κ3) is 2.79. The standard InChI is InChI=1S/C13H16N2O2S/c1-9-3-4-11(10(2)7-9)17-6-5-15-12(16)8-14-13(15)18/h3-4,7H,5-6,8H2,1-2H3,(H,14,18). The zero-order valence-electron chi connectivity index (χ0n) is 10.5. The van der Waals surface area contributed by atoms with Gasteiger partial charge in [-0.05, 0) is 37.7 Å². The Balaban J connectivity index is 1.88. The Labute approximate surface area is 112 Å². The fourth-order valence-electron chi connectivity index (χ4n) is 1.89. The predicted molar refractivity (Wildman–Crippen MR) is 73.7 cm³/mol. The van der Waals surface area contributed by atoms with E-state index in [2.05, 4.69) is 11.4 Å². The summed E-state index contributed by atoms with van der Waals surface area (Å²) in [6.07, 6.45) is 0. The molecule has 2 rings (SSSR count). The Morgan fingerprint density at radius 2 is 2.22 bits per heavy atom. The highest BCUT2D eigenvalue weighted by molar-refractivity contribution is 7.80. The van der Waals surface area contributed by atoms with Crippen LogP contribution >= 0.6 is 12.2 Å². The van der Waals surface area contributed by atoms with Crippen LogP contribution in [0.3, 0.4) is 0 Å². The highest BCUT2D eigenvalue weighted by Gasteiger charge is 2.24. The van der Waals surface area contributed by atoms with Gasteiger partial charge in [-0.2, -0.15) is 0 Å². The normalized spacial score (nSPS) is 14.9. The number of carbonyl (C=O) groups is 1. The van der Waals surface area contributed by atoms with E-state index in [1.807, 2.05) is 26.0 Å². The van der Waals surface area contributed by atoms with Gasteiger partial charge in [0.2, 0.25) is 5.91 Å². The lowest BCUT2D eigenvalue weighted by atomic mass is 10.1. The summed E-state index contributed by atoms with van der Waals surface area (Å²) in [5.74, 6) is 0.857. The number of rotatable bonds is 4. The summed E-state index contributed by atoms with van der Waals surface area (Å²) in [7, 11) is 0. The van der Waals surface area contributed by atoms with Crippen molar-refractivity contribution in [2.75, 3.05) is 19.7 Å². The minimum atomic E-state index is 0.00391. The summed E-state index contributed by atoms with van der Waals surface area (Å²) in [4.78, 5) is 13.0. The topological polar surface area (TPSA) is 41.6 Å². The van der Waals surface area contributed by atoms with Crippen LogP contribution in [0.25, 0.3) is 0 Å². The number of carbonyl (C=O) groups excluding carboxylic acids is 1. The van der Waals surface area contributed by atoms with Crippen molar-refractivity contribution >= 4 is 23.2 Å². The summed E-state index contributed by atoms with van der Waals surface area (Å²) in [6.45, 7) is 5.27. The largest absolute Gasteiger partial charge is 0.491 e. The van der Waals surface area contributed by atoms with Gasteiger partial charge in [-0.15, -0.1) is 0 Å². The molecule has 1 aromatic rings. The van der Waals surface area contributed by atoms with Crippen molar-refractivity contribution in [3.05, 3.63) is 29.3 Å². The molecule has 1 aliphatic heterocycles. The maximum atomic E-state index is 11.5. The van der Waals surface area contributed by atoms with Gasteiger partial charge in [0.05, 0.1) is 13.1 Å². The molecule has 0 radical (unpaired) electrons. The number of ether oxygens (including phenoxy) is 1. The first-order chi connectivity index (χ1) is 8.58. The van der Waals surface area contributed by atoms with Crippen molar-refractivity contribution in [1.29, 1.82) is 0 Å². The van der Waals surface area contributed by atoms with Crippen LogP contribution in [0.1, 0.15) is 11.1 Å². The molecule has 96 valence electrons. The van der Waals surface area contributed by atoms with E-state index < -0.39 is 0 Å². The maximum Gasteiger partial charge on any atom is 0.248 e. The third-order valence-electron chi connectivity index (χ3n) is 2.84. The minimum Gasteiger partial charge on any atom is -0.491 e. The van der Waals surface area contributed by atoms with Crippen LogP contribution < -0.4 is 10.1 Å². The number of nitrogens with one attached hydrogen (secondary N) is 1. The number of nitrogens with zero attached hydrogens (tertiary/aromatic N) is 1. The van der Waals surface area contributed by atoms with Gasteiger partial charge in [-0.3, -0.25) is 9.69 Å². The molecule has 5 heteroatoms. The van der Waals surface area contributed by atoms with Gasteiger partial charge >= 0.3 is 0 Å². The first-order valence-electron chi connectivity index (χ1n) is 5.86. The van der Waals surface area contributed by atoms with Gasteiger partial charge in [0.15, 0.2) is 5.11 Å². The molecule has 1 heterocycles. The molecular weight excluding hydrogens is 248 g/mol. The molecular formula is C13H16N2O2S. The fraction of sp³-hybridized carbons (Fsp3) is 0.385. The Morgan fingerprint density at radius 1 is 1.44 bits per heavy atom. The lowest BCUT2D eigenvalue weighted by Crippen LogP contribution is -2.34. The first-order valence-corrected chi connectivity index (χ1v) is 6.27. The molecule has 1 N–H and O–H groups in total. The summed E-state index contributed by atoms with van der Waals surface area (Å²) >= 11 is 5.03. The smallest absolute Gasteiger partial charge is 0.248 e. The number of amides is 1. The molecule has 0 unspecified atom stereocenters. The van der Waals surface area contributed by atoms with E-state index in [1.54, 1.807) is 4.90 Å². The van der Waals surface area contributed by atoms with Crippen LogP contribution in [-0.4, -0.2) is 35.6 Å². The van der Waals surface area contributed by atoms with Crippen LogP contribution in [0.15, 0.2) is 18.2 Å². The summed E-state index contributed by atoms with van der Waals surface area (Å²) < 4.78 is 5.67. The van der Waals surface area contributed by atoms with Gasteiger partial charge in [0.25, 0.3) is 0 Å². The first kappa shape index (κ1) is 12.8. The average molecular weight is 264 g/mol. The number of benzene rings is 1. The highest BCUT2D eigenvalue weighted by atomic mass is 32.1. The van der Waals surface area contributed by atoms with Crippen molar-refractivity contribution in [3.8, 4) is 5.75 Å². The maximum absolute atomic E-state index is 11.5. The molecule has 0 aliphatic carbocycles. The Morgan fingerprint density at radius 3 is 2.83 bits per heavy atom. The minimum absolute atomic E-state index is 0.00391. The Bertz CT molecular complexity index is 472. The number of thiocarbonyl (C=S) groups is 1. The quantitative estimate of drug-likeness (QED) is 0.835. The zero-order chi connectivity index (χ0) is 13.1. The molecule has 0 aromatic heterocycles. The van der Waals surface area contributed by atoms with E-state index in [4.69, 9.17) is 17.0 Å². The van der Waals surface area contributed by atoms with Gasteiger partial charge in [-0.1, -0.05) is 17.7 Å². The molecule has 0 saturated carbocycles.